The second-order valence-corrected chi connectivity index (χ2v) is 10.3. The largest absolute Gasteiger partial charge is 0.490 e. The summed E-state index contributed by atoms with van der Waals surface area (Å²) < 4.78 is 52.3. The molecule has 30 heavy (non-hydrogen) atoms. The summed E-state index contributed by atoms with van der Waals surface area (Å²) in [7, 11) is -16.5. The fraction of sp³-hybridized carbons (Fsp3) is 0.500. The molecule has 3 rings (SSSR count). The summed E-state index contributed by atoms with van der Waals surface area (Å²) in [5, 5.41) is 10.1. The molecule has 2 unspecified atom stereocenters. The molecular weight excluding hydrogens is 490 g/mol. The van der Waals surface area contributed by atoms with Crippen molar-refractivity contribution in [2.24, 2.45) is 0 Å². The van der Waals surface area contributed by atoms with Gasteiger partial charge in [0.05, 0.1) is 19.0 Å². The quantitative estimate of drug-likeness (QED) is 0.148. The van der Waals surface area contributed by atoms with Gasteiger partial charge in [0.2, 0.25) is 0 Å². The summed E-state index contributed by atoms with van der Waals surface area (Å²) in [6, 6.07) is 0. The van der Waals surface area contributed by atoms with Crippen LogP contribution in [0.1, 0.15) is 12.6 Å². The normalized spacial score (nSPS) is 26.5. The third-order valence-electron chi connectivity index (χ3n) is 3.72. The SMILES string of the molecule is [15NH2][13c]1[15n][13cH][15n][13c]2[13c]1[15n][13cH][15n]2[13C@H]1[13CH2][13C@@H](O)[13C@@H]([13CH2]OP(=O)(O)OP(=O)(O)OP(=O)(O)O)O1. The predicted molar refractivity (Wildman–Crippen MR) is 94.1 cm³/mol. The van der Waals surface area contributed by atoms with Gasteiger partial charge < -0.3 is 35.2 Å². The number of aromatic nitrogens is 4. The highest BCUT2D eigenvalue weighted by Crippen LogP contribution is 2.66. The fourth-order valence-corrected chi connectivity index (χ4v) is 5.62. The Morgan fingerprint density at radius 1 is 1.13 bits per heavy atom. The Morgan fingerprint density at radius 2 is 1.83 bits per heavy atom. The smallest absolute Gasteiger partial charge is 0.390 e. The third-order valence-corrected chi connectivity index (χ3v) is 7.52. The minimum atomic E-state index is -5.64. The zero-order valence-electron chi connectivity index (χ0n) is 14.6. The second kappa shape index (κ2) is 8.31. The van der Waals surface area contributed by atoms with E-state index in [1.807, 2.05) is 0 Å². The lowest BCUT2D eigenvalue weighted by molar-refractivity contribution is -0.0423. The molecular formula is C10H16N5O12P3. The van der Waals surface area contributed by atoms with Gasteiger partial charge in [0.15, 0.2) is 11.5 Å². The standard InChI is InChI=1S/C10H16N5O12P3/c11-9-8-10(13-3-12-9)15(4-14-8)7-1-5(16)6(25-7)2-24-29(20,21)27-30(22,23)26-28(17,18)19/h3-7,16H,1-2H2,(H,20,21)(H,22,23)(H2,11,12,13)(H2,17,18,19)/t5-,6-,7-/m1/s1/i1+1,2+1,3+1,4+1,5+1,6+1,7+1,8+1,9+1,10+1,11+1,12+1,13+1,14+1,15+1. The molecule has 2 aromatic rings. The first-order chi connectivity index (χ1) is 13.8. The molecule has 0 bridgehead atoms. The van der Waals surface area contributed by atoms with Gasteiger partial charge >= 0.3 is 23.5 Å². The van der Waals surface area contributed by atoms with E-state index in [-0.39, 0.29) is 12.2 Å². The first-order valence-electron chi connectivity index (χ1n) is 7.81. The Labute approximate surface area is 166 Å². The number of rotatable bonds is 8. The van der Waals surface area contributed by atoms with Crippen LogP contribution >= 0.6 is 23.5 Å². The summed E-state index contributed by atoms with van der Waals surface area (Å²) in [4.78, 5) is 47.4. The molecule has 1 fully saturated rings. The van der Waals surface area contributed by atoms with Crippen molar-refractivity contribution in [1.29, 1.82) is 0 Å². The number of nitrogens with zero attached hydrogens (tertiary/aromatic N) is 4. The molecule has 1 saturated heterocycles. The third kappa shape index (κ3) is 5.68. The molecule has 17 nitrogen and oxygen atoms in total. The van der Waals surface area contributed by atoms with Crippen LogP contribution in [-0.4, -0.2) is 63.0 Å². The Balaban J connectivity index is 1.64. The summed E-state index contributed by atoms with van der Waals surface area (Å²) in [5.74, 6) is 0.126. The molecule has 3 heterocycles. The van der Waals surface area contributed by atoms with Gasteiger partial charge in [-0.05, 0) is 0 Å². The van der Waals surface area contributed by atoms with Crippen LogP contribution in [0.25, 0.3) is 11.2 Å². The Bertz CT molecular complexity index is 1070. The van der Waals surface area contributed by atoms with E-state index in [0.717, 1.165) is 0 Å². The molecule has 0 aliphatic carbocycles. The number of fused-ring (bicyclic) bond motifs is 1. The van der Waals surface area contributed by atoms with Crippen LogP contribution in [0.4, 0.5) is 5.82 Å². The number of ether oxygens (including phenoxy) is 1. The summed E-state index contributed by atoms with van der Waals surface area (Å²) in [5.41, 5.74) is 6.31. The van der Waals surface area contributed by atoms with Crippen LogP contribution in [0, 0.1) is 0 Å². The summed E-state index contributed by atoms with van der Waals surface area (Å²) in [6.07, 6.45) is -0.643. The van der Waals surface area contributed by atoms with E-state index in [2.05, 4.69) is 28.1 Å². The second-order valence-electron chi connectivity index (χ2n) is 5.90. The number of nitrogen functional groups attached to an aromatic ring is 1. The van der Waals surface area contributed by atoms with E-state index < -0.39 is 48.5 Å². The molecule has 7 N–H and O–H groups in total. The van der Waals surface area contributed by atoms with Crippen LogP contribution in [0.15, 0.2) is 12.7 Å². The lowest BCUT2D eigenvalue weighted by atomic mass is 11.1. The van der Waals surface area contributed by atoms with Crippen LogP contribution in [0.3, 0.4) is 0 Å². The van der Waals surface area contributed by atoms with Crippen molar-refractivity contribution in [2.75, 3.05) is 12.3 Å². The van der Waals surface area contributed by atoms with Gasteiger partial charge in [0, 0.05) is 6.42 Å². The van der Waals surface area contributed by atoms with Crippen LogP contribution < -0.4 is 5.73 Å². The first-order valence-corrected chi connectivity index (χ1v) is 12.3. The van der Waals surface area contributed by atoms with E-state index in [4.69, 9.17) is 25.2 Å². The molecule has 0 saturated carbocycles. The zero-order valence-corrected chi connectivity index (χ0v) is 17.3. The molecule has 0 amide bonds. The van der Waals surface area contributed by atoms with Gasteiger partial charge in [-0.1, -0.05) is 0 Å². The van der Waals surface area contributed by atoms with Gasteiger partial charge in [0.25, 0.3) is 0 Å². The summed E-state index contributed by atoms with van der Waals surface area (Å²) >= 11 is 0. The fourth-order valence-electron chi connectivity index (χ4n) is 2.59. The number of nitrogens with two attached hydrogens (primary N) is 1. The Hall–Kier alpha value is -1.32. The maximum absolute atomic E-state index is 11.8. The van der Waals surface area contributed by atoms with E-state index in [9.17, 15) is 23.7 Å². The van der Waals surface area contributed by atoms with Gasteiger partial charge in [0.1, 0.15) is 24.2 Å². The van der Waals surface area contributed by atoms with Crippen LogP contribution in [0.2, 0.25) is 0 Å². The first kappa shape index (κ1) is 23.3. The topological polar surface area (TPSA) is 259 Å². The molecule has 0 aromatic carbocycles. The van der Waals surface area contributed by atoms with Gasteiger partial charge in [-0.25, -0.2) is 28.6 Å². The lowest BCUT2D eigenvalue weighted by Crippen LogP contribution is -2.26. The molecule has 2 aromatic heterocycles. The minimum absolute atomic E-state index is 0.000206. The number of anilines is 1. The van der Waals surface area contributed by atoms with E-state index in [0.29, 0.717) is 11.2 Å². The number of aliphatic hydroxyl groups is 1. The van der Waals surface area contributed by atoms with Gasteiger partial charge in [-0.2, -0.15) is 8.62 Å². The van der Waals surface area contributed by atoms with Crippen LogP contribution in [-0.2, 0) is 31.6 Å². The van der Waals surface area contributed by atoms with Crippen molar-refractivity contribution in [1.82, 2.24) is 19.5 Å². The van der Waals surface area contributed by atoms with E-state index in [1.165, 1.54) is 17.2 Å². The van der Waals surface area contributed by atoms with Gasteiger partial charge in [-0.15, -0.1) is 0 Å². The molecule has 1 aliphatic rings. The number of hydrogen-bond donors (Lipinski definition) is 6. The number of phosphoric acid groups is 3. The zero-order chi connectivity index (χ0) is 22.3. The van der Waals surface area contributed by atoms with Crippen molar-refractivity contribution >= 4 is 40.4 Å². The highest BCUT2D eigenvalue weighted by atomic mass is 31.3. The average Bonchev–Trinajstić information content (AvgIpc) is 3.14. The van der Waals surface area contributed by atoms with E-state index >= 15 is 0 Å². The monoisotopic (exact) mass is 506 g/mol. The van der Waals surface area contributed by atoms with Gasteiger partial charge in [-0.3, -0.25) is 9.09 Å². The Morgan fingerprint density at radius 3 is 2.50 bits per heavy atom. The number of imidazole rings is 1. The molecule has 1 aliphatic heterocycles. The molecule has 168 valence electrons. The number of aliphatic hydroxyl groups excluding tert-OH is 1. The number of phosphoric ester groups is 1. The molecule has 20 heteroatoms. The predicted octanol–water partition coefficient (Wildman–Crippen LogP) is -0.600. The number of hydrogen-bond acceptors (Lipinski definition) is 12. The maximum Gasteiger partial charge on any atom is 0.490 e. The molecule has 0 spiro atoms. The highest BCUT2D eigenvalue weighted by Gasteiger charge is 2.43. The van der Waals surface area contributed by atoms with Crippen molar-refractivity contribution in [3.63, 3.8) is 0 Å². The maximum atomic E-state index is 11.8. The lowest BCUT2D eigenvalue weighted by Gasteiger charge is -2.19. The highest BCUT2D eigenvalue weighted by molar-refractivity contribution is 7.66. The van der Waals surface area contributed by atoms with Crippen LogP contribution in [0.5, 0.6) is 0 Å². The molecule has 0 radical (unpaired) electrons. The van der Waals surface area contributed by atoms with Crippen molar-refractivity contribution in [3.8, 4) is 0 Å². The van der Waals surface area contributed by atoms with Crippen molar-refractivity contribution in [3.05, 3.63) is 12.7 Å². The molecule has 5 atom stereocenters. The Kier molecular flexibility index (Phi) is 6.47. The minimum Gasteiger partial charge on any atom is -0.390 e. The van der Waals surface area contributed by atoms with Crippen molar-refractivity contribution < 1.29 is 56.3 Å². The van der Waals surface area contributed by atoms with Crippen molar-refractivity contribution in [2.45, 2.75) is 24.9 Å². The average molecular weight is 506 g/mol. The summed E-state index contributed by atoms with van der Waals surface area (Å²) in [6.45, 7) is -0.787. The van der Waals surface area contributed by atoms with E-state index in [1.54, 1.807) is 0 Å².